The van der Waals surface area contributed by atoms with Crippen LogP contribution < -0.4 is 10.7 Å². The van der Waals surface area contributed by atoms with Crippen LogP contribution in [0.2, 0.25) is 0 Å². The Labute approximate surface area is 97.2 Å². The fraction of sp³-hybridized carbons (Fsp3) is 0.400. The predicted octanol–water partition coefficient (Wildman–Crippen LogP) is -0.588. The fourth-order valence-electron chi connectivity index (χ4n) is 2.25. The van der Waals surface area contributed by atoms with Crippen LogP contribution in [-0.4, -0.2) is 38.1 Å². The molecule has 3 heterocycles. The maximum atomic E-state index is 11.4. The molecule has 2 aromatic heterocycles. The van der Waals surface area contributed by atoms with Gasteiger partial charge in [-0.05, 0) is 12.8 Å². The summed E-state index contributed by atoms with van der Waals surface area (Å²) >= 11 is 0. The number of hydrogen-bond acceptors (Lipinski definition) is 5. The molecule has 7 heteroatoms. The number of carbonyl (C=O) groups excluding carboxylic acids is 1. The van der Waals surface area contributed by atoms with Crippen LogP contribution in [0.5, 0.6) is 0 Å². The normalized spacial score (nSPS) is 20.0. The van der Waals surface area contributed by atoms with Gasteiger partial charge < -0.3 is 5.73 Å². The Bertz CT molecular complexity index is 565. The van der Waals surface area contributed by atoms with Crippen LogP contribution in [0.3, 0.4) is 0 Å². The molecule has 0 radical (unpaired) electrons. The van der Waals surface area contributed by atoms with E-state index in [0.29, 0.717) is 5.65 Å². The lowest BCUT2D eigenvalue weighted by Gasteiger charge is -2.25. The predicted molar refractivity (Wildman–Crippen MR) is 60.6 cm³/mol. The molecule has 3 rings (SSSR count). The van der Waals surface area contributed by atoms with Gasteiger partial charge in [-0.1, -0.05) is 0 Å². The second-order valence-electron chi connectivity index (χ2n) is 4.04. The van der Waals surface area contributed by atoms with Crippen LogP contribution in [0, 0.1) is 0 Å². The van der Waals surface area contributed by atoms with Gasteiger partial charge in [-0.2, -0.15) is 0 Å². The number of primary amides is 1. The first-order chi connectivity index (χ1) is 8.27. The van der Waals surface area contributed by atoms with E-state index in [-0.39, 0.29) is 11.9 Å². The van der Waals surface area contributed by atoms with Gasteiger partial charge in [0, 0.05) is 6.54 Å². The maximum absolute atomic E-state index is 11.4. The van der Waals surface area contributed by atoms with Crippen molar-refractivity contribution >= 4 is 17.1 Å². The molecule has 1 amide bonds. The summed E-state index contributed by atoms with van der Waals surface area (Å²) < 4.78 is 1.82. The van der Waals surface area contributed by atoms with E-state index in [2.05, 4.69) is 15.0 Å². The van der Waals surface area contributed by atoms with Gasteiger partial charge in [0.1, 0.15) is 24.2 Å². The number of hydrogen-bond donors (Lipinski definition) is 1. The second kappa shape index (κ2) is 3.69. The summed E-state index contributed by atoms with van der Waals surface area (Å²) in [5, 5.41) is 1.92. The second-order valence-corrected chi connectivity index (χ2v) is 4.04. The zero-order chi connectivity index (χ0) is 11.8. The zero-order valence-electron chi connectivity index (χ0n) is 9.15. The number of nitrogens with zero attached hydrogens (tertiary/aromatic N) is 5. The third kappa shape index (κ3) is 1.50. The van der Waals surface area contributed by atoms with Crippen LogP contribution >= 0.6 is 0 Å². The standard InChI is InChI=1S/C10H12N6O/c11-9(17)7-2-1-3-15(7)16-6-14-10-8(16)4-12-5-13-10/h4-7H,1-3H2,(H2,11,17). The van der Waals surface area contributed by atoms with Crippen molar-refractivity contribution in [3.8, 4) is 0 Å². The van der Waals surface area contributed by atoms with Crippen molar-refractivity contribution < 1.29 is 4.79 Å². The Hall–Kier alpha value is -2.18. The van der Waals surface area contributed by atoms with Gasteiger partial charge in [-0.15, -0.1) is 0 Å². The topological polar surface area (TPSA) is 89.9 Å². The van der Waals surface area contributed by atoms with Crippen molar-refractivity contribution in [3.63, 3.8) is 0 Å². The minimum Gasteiger partial charge on any atom is -0.368 e. The number of imidazole rings is 1. The monoisotopic (exact) mass is 232 g/mol. The van der Waals surface area contributed by atoms with E-state index < -0.39 is 0 Å². The Morgan fingerprint density at radius 2 is 2.35 bits per heavy atom. The van der Waals surface area contributed by atoms with Gasteiger partial charge in [-0.3, -0.25) is 9.80 Å². The van der Waals surface area contributed by atoms with Crippen LogP contribution in [0.25, 0.3) is 11.2 Å². The van der Waals surface area contributed by atoms with Gasteiger partial charge in [0.15, 0.2) is 5.65 Å². The lowest BCUT2D eigenvalue weighted by molar-refractivity contribution is -0.119. The van der Waals surface area contributed by atoms with Gasteiger partial charge >= 0.3 is 0 Å². The van der Waals surface area contributed by atoms with Crippen molar-refractivity contribution in [3.05, 3.63) is 18.9 Å². The summed E-state index contributed by atoms with van der Waals surface area (Å²) in [6.45, 7) is 0.786. The van der Waals surface area contributed by atoms with Crippen LogP contribution in [-0.2, 0) is 4.79 Å². The van der Waals surface area contributed by atoms with E-state index in [1.54, 1.807) is 12.5 Å². The van der Waals surface area contributed by atoms with E-state index in [1.165, 1.54) is 6.33 Å². The largest absolute Gasteiger partial charge is 0.368 e. The maximum Gasteiger partial charge on any atom is 0.241 e. The summed E-state index contributed by atoms with van der Waals surface area (Å²) in [7, 11) is 0. The Morgan fingerprint density at radius 3 is 3.18 bits per heavy atom. The lowest BCUT2D eigenvalue weighted by Crippen LogP contribution is -2.46. The summed E-state index contributed by atoms with van der Waals surface area (Å²) in [5.74, 6) is -0.304. The molecule has 88 valence electrons. The molecule has 0 spiro atoms. The highest BCUT2D eigenvalue weighted by Crippen LogP contribution is 2.18. The van der Waals surface area contributed by atoms with Crippen LogP contribution in [0.15, 0.2) is 18.9 Å². The van der Waals surface area contributed by atoms with E-state index in [1.807, 2.05) is 9.69 Å². The molecule has 17 heavy (non-hydrogen) atoms. The fourth-order valence-corrected chi connectivity index (χ4v) is 2.25. The Kier molecular flexibility index (Phi) is 2.17. The Morgan fingerprint density at radius 1 is 1.47 bits per heavy atom. The number of carbonyl (C=O) groups is 1. The molecule has 2 aromatic rings. The van der Waals surface area contributed by atoms with Crippen molar-refractivity contribution in [1.82, 2.24) is 19.6 Å². The smallest absolute Gasteiger partial charge is 0.241 e. The SMILES string of the molecule is NC(=O)C1CCCN1n1cnc2ncncc21. The highest BCUT2D eigenvalue weighted by molar-refractivity contribution is 5.82. The van der Waals surface area contributed by atoms with E-state index in [4.69, 9.17) is 5.73 Å². The van der Waals surface area contributed by atoms with Crippen LogP contribution in [0.4, 0.5) is 0 Å². The molecule has 0 bridgehead atoms. The van der Waals surface area contributed by atoms with Crippen molar-refractivity contribution in [2.45, 2.75) is 18.9 Å². The first kappa shape index (κ1) is 10.0. The summed E-state index contributed by atoms with van der Waals surface area (Å²) in [6, 6.07) is -0.271. The number of fused-ring (bicyclic) bond motifs is 1. The molecule has 0 aliphatic carbocycles. The molecule has 2 N–H and O–H groups in total. The number of aromatic nitrogens is 4. The van der Waals surface area contributed by atoms with Gasteiger partial charge in [0.2, 0.25) is 5.91 Å². The minimum absolute atomic E-state index is 0.271. The molecule has 0 aromatic carbocycles. The first-order valence-electron chi connectivity index (χ1n) is 5.46. The molecule has 7 nitrogen and oxygen atoms in total. The number of rotatable bonds is 2. The average molecular weight is 232 g/mol. The third-order valence-corrected chi connectivity index (χ3v) is 3.04. The Balaban J connectivity index is 2.06. The number of nitrogens with two attached hydrogens (primary N) is 1. The van der Waals surface area contributed by atoms with Crippen molar-refractivity contribution in [2.24, 2.45) is 5.73 Å². The molecule has 1 saturated heterocycles. The summed E-state index contributed by atoms with van der Waals surface area (Å²) in [4.78, 5) is 23.6. The van der Waals surface area contributed by atoms with Crippen molar-refractivity contribution in [1.29, 1.82) is 0 Å². The highest BCUT2D eigenvalue weighted by atomic mass is 16.1. The molecular formula is C10H12N6O. The molecule has 1 aliphatic heterocycles. The minimum atomic E-state index is -0.304. The molecule has 1 atom stereocenters. The lowest BCUT2D eigenvalue weighted by atomic mass is 10.2. The average Bonchev–Trinajstić information content (AvgIpc) is 2.94. The molecule has 1 aliphatic rings. The molecule has 1 fully saturated rings. The first-order valence-corrected chi connectivity index (χ1v) is 5.46. The number of amides is 1. The third-order valence-electron chi connectivity index (χ3n) is 3.04. The molecule has 1 unspecified atom stereocenters. The van der Waals surface area contributed by atoms with Gasteiger partial charge in [-0.25, -0.2) is 19.6 Å². The molecular weight excluding hydrogens is 220 g/mol. The van der Waals surface area contributed by atoms with Crippen molar-refractivity contribution in [2.75, 3.05) is 11.6 Å². The van der Waals surface area contributed by atoms with E-state index in [0.717, 1.165) is 24.9 Å². The van der Waals surface area contributed by atoms with Gasteiger partial charge in [0.05, 0.1) is 6.20 Å². The summed E-state index contributed by atoms with van der Waals surface area (Å²) in [5.41, 5.74) is 6.81. The van der Waals surface area contributed by atoms with Gasteiger partial charge in [0.25, 0.3) is 0 Å². The van der Waals surface area contributed by atoms with Crippen LogP contribution in [0.1, 0.15) is 12.8 Å². The quantitative estimate of drug-likeness (QED) is 0.747. The van der Waals surface area contributed by atoms with E-state index in [9.17, 15) is 4.79 Å². The molecule has 0 saturated carbocycles. The summed E-state index contributed by atoms with van der Waals surface area (Å²) in [6.07, 6.45) is 6.52. The van der Waals surface area contributed by atoms with E-state index >= 15 is 0 Å². The zero-order valence-corrected chi connectivity index (χ0v) is 9.15. The highest BCUT2D eigenvalue weighted by Gasteiger charge is 2.30.